The van der Waals surface area contributed by atoms with Crippen LogP contribution in [0.1, 0.15) is 46.5 Å². The number of primary amides is 1. The number of aliphatic hydroxyl groups is 1. The Hall–Kier alpha value is -0.260. The Bertz CT molecular complexity index is 299. The maximum atomic E-state index is 11.8. The second kappa shape index (κ2) is 7.50. The van der Waals surface area contributed by atoms with Crippen LogP contribution in [0.5, 0.6) is 0 Å². The van der Waals surface area contributed by atoms with Crippen LogP contribution in [-0.2, 0) is 4.79 Å². The monoisotopic (exact) mass is 288 g/mol. The van der Waals surface area contributed by atoms with E-state index in [4.69, 9.17) is 5.73 Å². The Morgan fingerprint density at radius 3 is 2.79 bits per heavy atom. The Kier molecular flexibility index (Phi) is 6.63. The van der Waals surface area contributed by atoms with E-state index in [-0.39, 0.29) is 17.3 Å². The van der Waals surface area contributed by atoms with Crippen LogP contribution in [-0.4, -0.2) is 40.2 Å². The zero-order valence-corrected chi connectivity index (χ0v) is 13.1. The molecule has 0 aromatic rings. The minimum atomic E-state index is -0.497. The molecule has 1 saturated carbocycles. The lowest BCUT2D eigenvalue weighted by Crippen LogP contribution is -2.57. The van der Waals surface area contributed by atoms with Gasteiger partial charge in [0.15, 0.2) is 0 Å². The molecule has 0 radical (unpaired) electrons. The number of rotatable bonds is 8. The van der Waals surface area contributed by atoms with Crippen LogP contribution in [0.25, 0.3) is 0 Å². The number of carbonyl (C=O) groups excluding carboxylic acids is 1. The van der Waals surface area contributed by atoms with Gasteiger partial charge in [-0.2, -0.15) is 11.8 Å². The van der Waals surface area contributed by atoms with E-state index in [0.717, 1.165) is 38.0 Å². The third-order valence-corrected chi connectivity index (χ3v) is 5.67. The topological polar surface area (TPSA) is 75.3 Å². The first-order chi connectivity index (χ1) is 8.94. The van der Waals surface area contributed by atoms with Crippen molar-refractivity contribution in [2.45, 2.75) is 63.3 Å². The van der Waals surface area contributed by atoms with Crippen LogP contribution in [0.15, 0.2) is 0 Å². The highest BCUT2D eigenvalue weighted by atomic mass is 32.2. The summed E-state index contributed by atoms with van der Waals surface area (Å²) in [4.78, 5) is 11.8. The first-order valence-electron chi connectivity index (χ1n) is 7.28. The fourth-order valence-corrected chi connectivity index (χ4v) is 4.03. The number of amides is 1. The molecular weight excluding hydrogens is 260 g/mol. The van der Waals surface area contributed by atoms with Crippen LogP contribution in [0.3, 0.4) is 0 Å². The van der Waals surface area contributed by atoms with Gasteiger partial charge in [0.25, 0.3) is 0 Å². The highest BCUT2D eigenvalue weighted by molar-refractivity contribution is 7.99. The van der Waals surface area contributed by atoms with Crippen LogP contribution in [0, 0.1) is 5.92 Å². The minimum absolute atomic E-state index is 0.203. The summed E-state index contributed by atoms with van der Waals surface area (Å²) in [5.41, 5.74) is 5.14. The van der Waals surface area contributed by atoms with Gasteiger partial charge < -0.3 is 16.2 Å². The van der Waals surface area contributed by atoms with Crippen LogP contribution in [0.2, 0.25) is 0 Å². The molecule has 1 aliphatic carbocycles. The average molecular weight is 288 g/mol. The van der Waals surface area contributed by atoms with Gasteiger partial charge in [0.2, 0.25) is 5.91 Å². The van der Waals surface area contributed by atoms with Crippen molar-refractivity contribution in [3.05, 3.63) is 0 Å². The van der Waals surface area contributed by atoms with Crippen molar-refractivity contribution >= 4 is 17.7 Å². The number of hydrogen-bond acceptors (Lipinski definition) is 4. The molecule has 19 heavy (non-hydrogen) atoms. The maximum Gasteiger partial charge on any atom is 0.238 e. The maximum absolute atomic E-state index is 11.8. The largest absolute Gasteiger partial charge is 0.392 e. The quantitative estimate of drug-likeness (QED) is 0.633. The van der Waals surface area contributed by atoms with Gasteiger partial charge in [-0.15, -0.1) is 0 Å². The number of nitrogens with one attached hydrogen (secondary N) is 1. The van der Waals surface area contributed by atoms with Crippen molar-refractivity contribution < 1.29 is 9.90 Å². The van der Waals surface area contributed by atoms with Crippen LogP contribution >= 0.6 is 11.8 Å². The summed E-state index contributed by atoms with van der Waals surface area (Å²) in [7, 11) is 0. The number of nitrogens with two attached hydrogens (primary N) is 1. The Morgan fingerprint density at radius 2 is 2.26 bits per heavy atom. The molecular formula is C14H28N2O2S. The van der Waals surface area contributed by atoms with Gasteiger partial charge in [0.05, 0.1) is 6.10 Å². The van der Waals surface area contributed by atoms with Gasteiger partial charge in [-0.1, -0.05) is 20.3 Å². The molecule has 4 unspecified atom stereocenters. The van der Waals surface area contributed by atoms with Crippen molar-refractivity contribution in [2.24, 2.45) is 11.7 Å². The van der Waals surface area contributed by atoms with E-state index >= 15 is 0 Å². The molecule has 4 atom stereocenters. The number of likely N-dealkylation sites (N-methyl/N-ethyl adjacent to an activating group) is 1. The van der Waals surface area contributed by atoms with Crippen molar-refractivity contribution in [3.63, 3.8) is 0 Å². The van der Waals surface area contributed by atoms with Gasteiger partial charge >= 0.3 is 0 Å². The fraction of sp³-hybridized carbons (Fsp3) is 0.929. The number of carbonyl (C=O) groups is 1. The molecule has 4 N–H and O–H groups in total. The zero-order valence-electron chi connectivity index (χ0n) is 12.3. The summed E-state index contributed by atoms with van der Waals surface area (Å²) in [6.45, 7) is 6.65. The Labute approximate surface area is 120 Å². The van der Waals surface area contributed by atoms with Gasteiger partial charge in [-0.3, -0.25) is 4.79 Å². The van der Waals surface area contributed by atoms with E-state index in [1.54, 1.807) is 11.8 Å². The summed E-state index contributed by atoms with van der Waals surface area (Å²) >= 11 is 1.77. The van der Waals surface area contributed by atoms with Crippen LogP contribution in [0.4, 0.5) is 0 Å². The lowest BCUT2D eigenvalue weighted by Gasteiger charge is -2.33. The van der Waals surface area contributed by atoms with E-state index in [9.17, 15) is 9.90 Å². The molecule has 0 aliphatic heterocycles. The lowest BCUT2D eigenvalue weighted by molar-refractivity contribution is -0.125. The molecule has 1 amide bonds. The summed E-state index contributed by atoms with van der Waals surface area (Å²) in [5.74, 6) is 1.10. The van der Waals surface area contributed by atoms with Crippen LogP contribution < -0.4 is 11.1 Å². The molecule has 112 valence electrons. The summed E-state index contributed by atoms with van der Waals surface area (Å²) < 4.78 is 0. The predicted molar refractivity (Wildman–Crippen MR) is 81.2 cm³/mol. The minimum Gasteiger partial charge on any atom is -0.392 e. The van der Waals surface area contributed by atoms with E-state index in [2.05, 4.69) is 5.32 Å². The second-order valence-corrected chi connectivity index (χ2v) is 7.05. The first-order valence-corrected chi connectivity index (χ1v) is 8.33. The second-order valence-electron chi connectivity index (χ2n) is 5.56. The first kappa shape index (κ1) is 16.8. The normalized spacial score (nSPS) is 30.2. The number of thioether (sulfide) groups is 1. The van der Waals surface area contributed by atoms with Gasteiger partial charge in [-0.25, -0.2) is 0 Å². The van der Waals surface area contributed by atoms with Crippen molar-refractivity contribution in [1.29, 1.82) is 0 Å². The van der Waals surface area contributed by atoms with E-state index < -0.39 is 5.54 Å². The summed E-state index contributed by atoms with van der Waals surface area (Å²) in [6, 6.07) is 0. The Balaban J connectivity index is 2.53. The molecule has 0 heterocycles. The molecule has 1 rings (SSSR count). The molecule has 4 nitrogen and oxygen atoms in total. The molecule has 0 saturated heterocycles. The fourth-order valence-electron chi connectivity index (χ4n) is 2.96. The number of hydrogen-bond donors (Lipinski definition) is 3. The summed E-state index contributed by atoms with van der Waals surface area (Å²) in [5, 5.41) is 13.1. The third-order valence-electron chi connectivity index (χ3n) is 4.28. The van der Waals surface area contributed by atoms with Crippen molar-refractivity contribution in [2.75, 3.05) is 12.3 Å². The van der Waals surface area contributed by atoms with E-state index in [1.807, 2.05) is 20.8 Å². The Morgan fingerprint density at radius 1 is 1.58 bits per heavy atom. The molecule has 5 heteroatoms. The van der Waals surface area contributed by atoms with E-state index in [0.29, 0.717) is 5.92 Å². The highest BCUT2D eigenvalue weighted by Gasteiger charge is 2.46. The smallest absolute Gasteiger partial charge is 0.238 e. The SMILES string of the molecule is CCNC1(C(N)=O)CCCC1CCSC(C)C(C)O. The highest BCUT2D eigenvalue weighted by Crippen LogP contribution is 2.38. The van der Waals surface area contributed by atoms with Gasteiger partial charge in [0.1, 0.15) is 5.54 Å². The lowest BCUT2D eigenvalue weighted by atomic mass is 9.84. The molecule has 0 bridgehead atoms. The van der Waals surface area contributed by atoms with Crippen molar-refractivity contribution in [3.8, 4) is 0 Å². The van der Waals surface area contributed by atoms with E-state index in [1.165, 1.54) is 0 Å². The van der Waals surface area contributed by atoms with Gasteiger partial charge in [-0.05, 0) is 44.4 Å². The molecule has 1 aliphatic rings. The van der Waals surface area contributed by atoms with Crippen molar-refractivity contribution in [1.82, 2.24) is 5.32 Å². The zero-order chi connectivity index (χ0) is 14.5. The standard InChI is InChI=1S/C14H28N2O2S/c1-4-16-14(13(15)18)8-5-6-12(14)7-9-19-11(3)10(2)17/h10-12,16-17H,4-9H2,1-3H3,(H2,15,18). The van der Waals surface area contributed by atoms with Gasteiger partial charge in [0, 0.05) is 5.25 Å². The molecule has 0 spiro atoms. The molecule has 0 aromatic carbocycles. The molecule has 0 aromatic heterocycles. The summed E-state index contributed by atoms with van der Waals surface area (Å²) in [6.07, 6.45) is 3.69. The number of aliphatic hydroxyl groups excluding tert-OH is 1. The molecule has 1 fully saturated rings. The predicted octanol–water partition coefficient (Wildman–Crippen LogP) is 1.51. The third kappa shape index (κ3) is 4.10. The average Bonchev–Trinajstić information content (AvgIpc) is 2.74.